The van der Waals surface area contributed by atoms with Crippen LogP contribution < -0.4 is 29.6 Å². The Bertz CT molecular complexity index is 386. The van der Waals surface area contributed by atoms with E-state index in [0.29, 0.717) is 0 Å². The number of hydrogen-bond donors (Lipinski definition) is 2. The molecule has 0 amide bonds. The maximum atomic E-state index is 9.14. The Morgan fingerprint density at radius 1 is 1.08 bits per heavy atom. The Hall–Kier alpha value is -0.700. The van der Waals surface area contributed by atoms with Gasteiger partial charge >= 0.3 is 29.6 Å². The Balaban J connectivity index is 0.000000845. The first-order chi connectivity index (χ1) is 5.77. The molecule has 2 aromatic rings. The second-order valence-corrected chi connectivity index (χ2v) is 2.59. The zero-order valence-electron chi connectivity index (χ0n) is 7.28. The van der Waals surface area contributed by atoms with Crippen LogP contribution in [0.4, 0.5) is 0 Å². The van der Waals surface area contributed by atoms with E-state index in [-0.39, 0.29) is 41.1 Å². The van der Waals surface area contributed by atoms with Gasteiger partial charge in [-0.05, 0) is 0 Å². The fourth-order valence-electron chi connectivity index (χ4n) is 1.14. The Labute approximate surface area is 98.1 Å². The van der Waals surface area contributed by atoms with Crippen molar-refractivity contribution in [3.05, 3.63) is 36.4 Å². The minimum atomic E-state index is -0.200. The summed E-state index contributed by atoms with van der Waals surface area (Å²) in [7, 11) is 0. The zero-order chi connectivity index (χ0) is 8.55. The molecule has 2 N–H and O–H groups in total. The van der Waals surface area contributed by atoms with Gasteiger partial charge in [0.05, 0.1) is 11.5 Å². The number of phenols is 2. The maximum Gasteiger partial charge on any atom is 1.00 e. The van der Waals surface area contributed by atoms with Crippen molar-refractivity contribution in [2.45, 2.75) is 0 Å². The van der Waals surface area contributed by atoms with Crippen molar-refractivity contribution < 1.29 is 39.8 Å². The molecule has 0 bridgehead atoms. The molecule has 0 fully saturated rings. The van der Waals surface area contributed by atoms with Gasteiger partial charge in [0.25, 0.3) is 0 Å². The van der Waals surface area contributed by atoms with Crippen LogP contribution in [0.25, 0.3) is 10.8 Å². The fourth-order valence-corrected chi connectivity index (χ4v) is 1.14. The molecule has 0 heterocycles. The zero-order valence-corrected chi connectivity index (χ0v) is 9.28. The van der Waals surface area contributed by atoms with E-state index in [1.165, 1.54) is 6.07 Å². The van der Waals surface area contributed by atoms with Gasteiger partial charge in [0.1, 0.15) is 0 Å². The minimum absolute atomic E-state index is 0. The molecule has 2 rings (SSSR count). The van der Waals surface area contributed by atoms with Crippen LogP contribution in [0.5, 0.6) is 11.5 Å². The van der Waals surface area contributed by atoms with Crippen LogP contribution >= 0.6 is 0 Å². The third-order valence-corrected chi connectivity index (χ3v) is 1.75. The number of hydrogen-bond acceptors (Lipinski definition) is 2. The van der Waals surface area contributed by atoms with Crippen LogP contribution in [0.3, 0.4) is 0 Å². The summed E-state index contributed by atoms with van der Waals surface area (Å²) in [5.41, 5.74) is 0. The molecular weight excluding hydrogens is 175 g/mol. The quantitative estimate of drug-likeness (QED) is 0.313. The van der Waals surface area contributed by atoms with Crippen molar-refractivity contribution in [3.8, 4) is 11.5 Å². The van der Waals surface area contributed by atoms with E-state index in [4.69, 9.17) is 10.2 Å². The van der Waals surface area contributed by atoms with Crippen molar-refractivity contribution >= 4 is 10.8 Å². The molecule has 0 aromatic heterocycles. The van der Waals surface area contributed by atoms with Crippen LogP contribution in [-0.2, 0) is 0 Å². The Morgan fingerprint density at radius 2 is 1.77 bits per heavy atom. The minimum Gasteiger partial charge on any atom is -0.548 e. The van der Waals surface area contributed by atoms with Gasteiger partial charge in [-0.25, -0.2) is 0 Å². The van der Waals surface area contributed by atoms with Crippen molar-refractivity contribution in [2.75, 3.05) is 0 Å². The molecule has 2 nitrogen and oxygen atoms in total. The monoisotopic (exact) mass is 182 g/mol. The average molecular weight is 182 g/mol. The molecule has 60 valence electrons. The summed E-state index contributed by atoms with van der Waals surface area (Å²) >= 11 is 0. The van der Waals surface area contributed by atoms with E-state index in [1.54, 1.807) is 0 Å². The van der Waals surface area contributed by atoms with E-state index in [9.17, 15) is 0 Å². The summed E-state index contributed by atoms with van der Waals surface area (Å²) in [5, 5.41) is 19.9. The smallest absolute Gasteiger partial charge is 0.548 e. The van der Waals surface area contributed by atoms with Crippen LogP contribution in [0.1, 0.15) is 0 Å². The van der Waals surface area contributed by atoms with Gasteiger partial charge in [-0.2, -0.15) is 0 Å². The largest absolute Gasteiger partial charge is 1.00 e. The third kappa shape index (κ3) is 1.97. The van der Waals surface area contributed by atoms with Crippen LogP contribution in [0.15, 0.2) is 30.3 Å². The van der Waals surface area contributed by atoms with E-state index >= 15 is 0 Å². The maximum absolute atomic E-state index is 9.14. The van der Waals surface area contributed by atoms with Gasteiger partial charge in [-0.1, -0.05) is 24.3 Å². The molecule has 0 aliphatic heterocycles. The molecule has 0 radical (unpaired) electrons. The van der Waals surface area contributed by atoms with Gasteiger partial charge < -0.3 is 10.2 Å². The molecule has 0 unspecified atom stereocenters. The SMILES string of the molecule is Oc1[c-]c2ccccc2cc1O.[Na+]. The number of phenolic OH excluding ortho intramolecular Hbond substituents is 2. The molecule has 3 heteroatoms. The van der Waals surface area contributed by atoms with E-state index in [0.717, 1.165) is 10.8 Å². The Kier molecular flexibility index (Phi) is 3.20. The molecule has 0 aliphatic rings. The van der Waals surface area contributed by atoms with E-state index < -0.39 is 0 Å². The van der Waals surface area contributed by atoms with Gasteiger partial charge in [-0.15, -0.1) is 22.9 Å². The molecule has 0 aliphatic carbocycles. The van der Waals surface area contributed by atoms with Crippen molar-refractivity contribution in [1.82, 2.24) is 0 Å². The van der Waals surface area contributed by atoms with Crippen molar-refractivity contribution in [2.24, 2.45) is 0 Å². The van der Waals surface area contributed by atoms with Crippen LogP contribution in [-0.4, -0.2) is 10.2 Å². The van der Waals surface area contributed by atoms with Gasteiger partial charge in [-0.3, -0.25) is 0 Å². The summed E-state index contributed by atoms with van der Waals surface area (Å²) in [6, 6.07) is 11.6. The predicted octanol–water partition coefficient (Wildman–Crippen LogP) is -0.945. The summed E-state index contributed by atoms with van der Waals surface area (Å²) in [6.45, 7) is 0. The molecular formula is C10H7NaO2. The first-order valence-corrected chi connectivity index (χ1v) is 3.60. The molecule has 0 spiro atoms. The van der Waals surface area contributed by atoms with Gasteiger partial charge in [0, 0.05) is 0 Å². The average Bonchev–Trinajstić information content (AvgIpc) is 2.07. The summed E-state index contributed by atoms with van der Waals surface area (Å²) in [5.74, 6) is -0.331. The van der Waals surface area contributed by atoms with Gasteiger partial charge in [0.15, 0.2) is 0 Å². The predicted molar refractivity (Wildman–Crippen MR) is 46.1 cm³/mol. The molecule has 0 saturated heterocycles. The first-order valence-electron chi connectivity index (χ1n) is 3.60. The topological polar surface area (TPSA) is 40.5 Å². The van der Waals surface area contributed by atoms with E-state index in [2.05, 4.69) is 6.07 Å². The molecule has 13 heavy (non-hydrogen) atoms. The fraction of sp³-hybridized carbons (Fsp3) is 0. The van der Waals surface area contributed by atoms with Crippen molar-refractivity contribution in [1.29, 1.82) is 0 Å². The summed E-state index contributed by atoms with van der Waals surface area (Å²) in [4.78, 5) is 0. The normalized spacial score (nSPS) is 9.54. The second-order valence-electron chi connectivity index (χ2n) is 2.59. The molecule has 2 aromatic carbocycles. The Morgan fingerprint density at radius 3 is 2.54 bits per heavy atom. The third-order valence-electron chi connectivity index (χ3n) is 1.75. The second kappa shape index (κ2) is 4.01. The number of benzene rings is 2. The summed E-state index contributed by atoms with van der Waals surface area (Å²) in [6.07, 6.45) is 0. The van der Waals surface area contributed by atoms with Gasteiger partial charge in [0.2, 0.25) is 0 Å². The van der Waals surface area contributed by atoms with Crippen LogP contribution in [0.2, 0.25) is 0 Å². The summed E-state index contributed by atoms with van der Waals surface area (Å²) < 4.78 is 0. The first kappa shape index (κ1) is 10.4. The number of fused-ring (bicyclic) bond motifs is 1. The standard InChI is InChI=1S/C10H7O2.Na/c11-9-5-7-3-1-2-4-8(7)6-10(9)12;/h1-5,11-12H;/q-1;+1. The van der Waals surface area contributed by atoms with E-state index in [1.807, 2.05) is 24.3 Å². The van der Waals surface area contributed by atoms with Crippen LogP contribution in [0, 0.1) is 6.07 Å². The number of aromatic hydroxyl groups is 2. The van der Waals surface area contributed by atoms with Crippen molar-refractivity contribution in [3.63, 3.8) is 0 Å². The molecule has 0 atom stereocenters. The molecule has 0 saturated carbocycles. The number of rotatable bonds is 0.